The molecule has 2 amide bonds. The van der Waals surface area contributed by atoms with Crippen molar-refractivity contribution in [3.05, 3.63) is 78.0 Å². The lowest BCUT2D eigenvalue weighted by Gasteiger charge is -2.27. The first kappa shape index (κ1) is 19.6. The summed E-state index contributed by atoms with van der Waals surface area (Å²) in [7, 11) is 0. The molecule has 0 bridgehead atoms. The molecule has 2 N–H and O–H groups in total. The van der Waals surface area contributed by atoms with Crippen molar-refractivity contribution in [1.82, 2.24) is 9.80 Å². The minimum Gasteiger partial charge on any atom is -0.368 e. The number of amides is 2. The zero-order valence-corrected chi connectivity index (χ0v) is 16.2. The fraction of sp³-hybridized carbons (Fsp3) is 0.348. The van der Waals surface area contributed by atoms with Crippen LogP contribution < -0.4 is 5.73 Å². The number of carbonyl (C=O) groups excluding carboxylic acids is 2. The van der Waals surface area contributed by atoms with Crippen molar-refractivity contribution < 1.29 is 14.0 Å². The van der Waals surface area contributed by atoms with Gasteiger partial charge in [-0.2, -0.15) is 0 Å². The Morgan fingerprint density at radius 1 is 1.07 bits per heavy atom. The van der Waals surface area contributed by atoms with Gasteiger partial charge >= 0.3 is 0 Å². The van der Waals surface area contributed by atoms with Gasteiger partial charge in [0.15, 0.2) is 0 Å². The number of halogens is 1. The van der Waals surface area contributed by atoms with E-state index in [1.54, 1.807) is 11.0 Å². The summed E-state index contributed by atoms with van der Waals surface area (Å²) in [5.74, 6) is -0.710. The van der Waals surface area contributed by atoms with Gasteiger partial charge in [-0.25, -0.2) is 4.39 Å². The lowest BCUT2D eigenvalue weighted by Crippen LogP contribution is -2.46. The van der Waals surface area contributed by atoms with Crippen LogP contribution in [0.5, 0.6) is 0 Å². The zero-order valence-electron chi connectivity index (χ0n) is 16.2. The number of carbonyl (C=O) groups is 2. The van der Waals surface area contributed by atoms with Crippen LogP contribution in [0.25, 0.3) is 0 Å². The van der Waals surface area contributed by atoms with E-state index in [4.69, 9.17) is 5.73 Å². The van der Waals surface area contributed by atoms with Gasteiger partial charge in [-0.3, -0.25) is 14.5 Å². The second-order valence-electron chi connectivity index (χ2n) is 7.89. The van der Waals surface area contributed by atoms with E-state index in [-0.39, 0.29) is 29.7 Å². The molecule has 2 aromatic carbocycles. The van der Waals surface area contributed by atoms with Crippen molar-refractivity contribution in [3.8, 4) is 0 Å². The van der Waals surface area contributed by atoms with Crippen LogP contribution in [0.2, 0.25) is 0 Å². The second kappa shape index (κ2) is 8.33. The van der Waals surface area contributed by atoms with Crippen molar-refractivity contribution in [1.29, 1.82) is 0 Å². The van der Waals surface area contributed by atoms with Crippen LogP contribution in [0.4, 0.5) is 4.39 Å². The van der Waals surface area contributed by atoms with E-state index < -0.39 is 5.82 Å². The van der Waals surface area contributed by atoms with E-state index >= 15 is 0 Å². The largest absolute Gasteiger partial charge is 0.368 e. The molecular formula is C23H25FN3O2. The number of benzene rings is 2. The third-order valence-electron chi connectivity index (χ3n) is 6.01. The quantitative estimate of drug-likeness (QED) is 0.818. The topological polar surface area (TPSA) is 66.6 Å². The zero-order chi connectivity index (χ0) is 20.4. The molecule has 2 aliphatic rings. The van der Waals surface area contributed by atoms with Gasteiger partial charge in [0, 0.05) is 31.1 Å². The second-order valence-corrected chi connectivity index (χ2v) is 7.89. The fourth-order valence-electron chi connectivity index (χ4n) is 4.71. The Morgan fingerprint density at radius 2 is 1.86 bits per heavy atom. The Labute approximate surface area is 170 Å². The molecular weight excluding hydrogens is 369 g/mol. The summed E-state index contributed by atoms with van der Waals surface area (Å²) < 4.78 is 13.5. The lowest BCUT2D eigenvalue weighted by atomic mass is 9.94. The maximum Gasteiger partial charge on any atom is 0.253 e. The molecule has 2 saturated heterocycles. The van der Waals surface area contributed by atoms with Gasteiger partial charge in [-0.1, -0.05) is 36.4 Å². The smallest absolute Gasteiger partial charge is 0.253 e. The predicted octanol–water partition coefficient (Wildman–Crippen LogP) is 2.33. The molecule has 4 rings (SSSR count). The minimum absolute atomic E-state index is 0.0294. The highest BCUT2D eigenvalue weighted by atomic mass is 19.1. The van der Waals surface area contributed by atoms with Crippen molar-refractivity contribution >= 4 is 11.8 Å². The SMILES string of the molecule is NC(=O)C1[C@@H]2CN(C(=O)c3cccc(F)c3)CC2CN1CC[CH]c1ccccc1. The van der Waals surface area contributed by atoms with Crippen LogP contribution >= 0.6 is 0 Å². The van der Waals surface area contributed by atoms with Gasteiger partial charge in [-0.15, -0.1) is 0 Å². The molecule has 0 aliphatic carbocycles. The number of nitrogens with zero attached hydrogens (tertiary/aromatic N) is 2. The predicted molar refractivity (Wildman–Crippen MR) is 108 cm³/mol. The van der Waals surface area contributed by atoms with Crippen LogP contribution in [0.1, 0.15) is 22.3 Å². The molecule has 3 atom stereocenters. The van der Waals surface area contributed by atoms with Crippen molar-refractivity contribution in [2.24, 2.45) is 17.6 Å². The van der Waals surface area contributed by atoms with Crippen molar-refractivity contribution in [2.45, 2.75) is 12.5 Å². The first-order chi connectivity index (χ1) is 14.0. The number of fused-ring (bicyclic) bond motifs is 1. The molecule has 2 aromatic rings. The maximum atomic E-state index is 13.5. The molecule has 0 spiro atoms. The van der Waals surface area contributed by atoms with Crippen LogP contribution in [0.15, 0.2) is 54.6 Å². The van der Waals surface area contributed by atoms with Gasteiger partial charge in [-0.05, 0) is 49.1 Å². The molecule has 0 saturated carbocycles. The van der Waals surface area contributed by atoms with Gasteiger partial charge < -0.3 is 10.6 Å². The third kappa shape index (κ3) is 4.17. The summed E-state index contributed by atoms with van der Waals surface area (Å²) in [5, 5.41) is 0. The molecule has 2 fully saturated rings. The average Bonchev–Trinajstić information content (AvgIpc) is 3.25. The molecule has 1 radical (unpaired) electrons. The average molecular weight is 394 g/mol. The standard InChI is InChI=1S/C23H25FN3O2/c24-19-10-4-9-17(12-19)23(29)27-14-18-13-26(21(22(25)28)20(18)15-27)11-5-8-16-6-2-1-3-7-16/h1-4,6-10,12,18,20-21H,5,11,13-15H2,(H2,25,28)/t18?,20-,21?/m1/s1. The van der Waals surface area contributed by atoms with Gasteiger partial charge in [0.25, 0.3) is 5.91 Å². The highest BCUT2D eigenvalue weighted by Crippen LogP contribution is 2.37. The number of hydrogen-bond donors (Lipinski definition) is 1. The molecule has 2 unspecified atom stereocenters. The fourth-order valence-corrected chi connectivity index (χ4v) is 4.71. The third-order valence-corrected chi connectivity index (χ3v) is 6.01. The summed E-state index contributed by atoms with van der Waals surface area (Å²) in [5.41, 5.74) is 7.24. The van der Waals surface area contributed by atoms with Crippen molar-refractivity contribution in [2.75, 3.05) is 26.2 Å². The van der Waals surface area contributed by atoms with E-state index in [1.165, 1.54) is 18.2 Å². The maximum absolute atomic E-state index is 13.5. The van der Waals surface area contributed by atoms with Gasteiger partial charge in [0.05, 0.1) is 6.04 Å². The molecule has 6 heteroatoms. The number of likely N-dealkylation sites (tertiary alicyclic amines) is 2. The lowest BCUT2D eigenvalue weighted by molar-refractivity contribution is -0.123. The first-order valence-electron chi connectivity index (χ1n) is 9.99. The van der Waals surface area contributed by atoms with Gasteiger partial charge in [0.1, 0.15) is 5.82 Å². The van der Waals surface area contributed by atoms with Crippen LogP contribution in [0, 0.1) is 24.1 Å². The van der Waals surface area contributed by atoms with Crippen LogP contribution in [-0.4, -0.2) is 53.8 Å². The molecule has 151 valence electrons. The Morgan fingerprint density at radius 3 is 2.59 bits per heavy atom. The molecule has 2 heterocycles. The Hall–Kier alpha value is -2.73. The van der Waals surface area contributed by atoms with Crippen LogP contribution in [-0.2, 0) is 4.79 Å². The monoisotopic (exact) mass is 394 g/mol. The van der Waals surface area contributed by atoms with E-state index in [1.807, 2.05) is 18.2 Å². The summed E-state index contributed by atoms with van der Waals surface area (Å²) in [6, 6.07) is 15.5. The highest BCUT2D eigenvalue weighted by molar-refractivity contribution is 5.94. The van der Waals surface area contributed by atoms with Gasteiger partial charge in [0.2, 0.25) is 5.91 Å². The Balaban J connectivity index is 1.38. The molecule has 0 aromatic heterocycles. The summed E-state index contributed by atoms with van der Waals surface area (Å²) in [4.78, 5) is 28.8. The van der Waals surface area contributed by atoms with E-state index in [2.05, 4.69) is 23.5 Å². The number of primary amides is 1. The molecule has 29 heavy (non-hydrogen) atoms. The molecule has 2 aliphatic heterocycles. The normalized spacial score (nSPS) is 23.9. The number of hydrogen-bond acceptors (Lipinski definition) is 3. The Kier molecular flexibility index (Phi) is 5.62. The van der Waals surface area contributed by atoms with E-state index in [0.717, 1.165) is 25.1 Å². The first-order valence-corrected chi connectivity index (χ1v) is 9.99. The molecule has 5 nitrogen and oxygen atoms in total. The van der Waals surface area contributed by atoms with E-state index in [9.17, 15) is 14.0 Å². The van der Waals surface area contributed by atoms with Crippen molar-refractivity contribution in [3.63, 3.8) is 0 Å². The minimum atomic E-state index is -0.425. The van der Waals surface area contributed by atoms with Crippen LogP contribution in [0.3, 0.4) is 0 Å². The van der Waals surface area contributed by atoms with E-state index in [0.29, 0.717) is 18.7 Å². The Bertz CT molecular complexity index is 889. The summed E-state index contributed by atoms with van der Waals surface area (Å²) in [6.07, 6.45) is 2.99. The summed E-state index contributed by atoms with van der Waals surface area (Å²) in [6.45, 7) is 2.55. The number of rotatable bonds is 6. The summed E-state index contributed by atoms with van der Waals surface area (Å²) >= 11 is 0. The number of nitrogens with two attached hydrogens (primary N) is 1. The highest BCUT2D eigenvalue weighted by Gasteiger charge is 2.50.